The van der Waals surface area contributed by atoms with Crippen LogP contribution in [0.5, 0.6) is 0 Å². The van der Waals surface area contributed by atoms with E-state index in [2.05, 4.69) is 20.4 Å². The number of ether oxygens (including phenoxy) is 1. The van der Waals surface area contributed by atoms with Gasteiger partial charge in [0.15, 0.2) is 0 Å². The number of nitrogens with zero attached hydrogens (tertiary/aromatic N) is 1. The quantitative estimate of drug-likeness (QED) is 0.646. The van der Waals surface area contributed by atoms with Gasteiger partial charge >= 0.3 is 5.97 Å². The van der Waals surface area contributed by atoms with Gasteiger partial charge in [-0.05, 0) is 38.1 Å². The third-order valence-electron chi connectivity index (χ3n) is 2.91. The molecule has 0 amide bonds. The predicted molar refractivity (Wildman–Crippen MR) is 70.1 cm³/mol. The number of pyridine rings is 1. The highest BCUT2D eigenvalue weighted by atomic mass is 35.5. The Morgan fingerprint density at radius 2 is 2.22 bits per heavy atom. The number of piperidine rings is 1. The van der Waals surface area contributed by atoms with Crippen LogP contribution in [0.2, 0.25) is 5.15 Å². The molecule has 5 nitrogen and oxygen atoms in total. The lowest BCUT2D eigenvalue weighted by molar-refractivity contribution is 0.0600. The second kappa shape index (κ2) is 6.02. The van der Waals surface area contributed by atoms with Gasteiger partial charge in [-0.2, -0.15) is 0 Å². The standard InChI is InChI=1S/C12H16ClN3O2/c1-18-12(17)8-6-10(13)16-11(7-8)15-9-2-4-14-5-3-9/h6-7,9,14H,2-5H2,1H3,(H,15,16). The van der Waals surface area contributed by atoms with E-state index < -0.39 is 5.97 Å². The van der Waals surface area contributed by atoms with Crippen LogP contribution in [-0.2, 0) is 4.74 Å². The summed E-state index contributed by atoms with van der Waals surface area (Å²) in [5.41, 5.74) is 0.411. The van der Waals surface area contributed by atoms with Crippen LogP contribution in [-0.4, -0.2) is 37.2 Å². The number of carbonyl (C=O) groups excluding carboxylic acids is 1. The van der Waals surface area contributed by atoms with Crippen molar-refractivity contribution in [2.75, 3.05) is 25.5 Å². The number of esters is 1. The molecule has 0 aliphatic carbocycles. The highest BCUT2D eigenvalue weighted by molar-refractivity contribution is 6.29. The van der Waals surface area contributed by atoms with Gasteiger partial charge in [0.25, 0.3) is 0 Å². The summed E-state index contributed by atoms with van der Waals surface area (Å²) in [6, 6.07) is 3.53. The van der Waals surface area contributed by atoms with Crippen LogP contribution in [0.1, 0.15) is 23.2 Å². The van der Waals surface area contributed by atoms with Gasteiger partial charge in [-0.15, -0.1) is 0 Å². The van der Waals surface area contributed by atoms with Crippen molar-refractivity contribution in [3.8, 4) is 0 Å². The minimum absolute atomic E-state index is 0.286. The highest BCUT2D eigenvalue weighted by Gasteiger charge is 2.15. The molecule has 0 unspecified atom stereocenters. The summed E-state index contributed by atoms with van der Waals surface area (Å²) in [5.74, 6) is 0.211. The molecule has 1 aliphatic heterocycles. The maximum Gasteiger partial charge on any atom is 0.338 e. The first-order valence-corrected chi connectivity index (χ1v) is 6.30. The Morgan fingerprint density at radius 1 is 1.50 bits per heavy atom. The third kappa shape index (κ3) is 3.34. The molecule has 18 heavy (non-hydrogen) atoms. The number of hydrogen-bond donors (Lipinski definition) is 2. The molecule has 1 aliphatic rings. The van der Waals surface area contributed by atoms with E-state index in [1.165, 1.54) is 13.2 Å². The van der Waals surface area contributed by atoms with E-state index in [0.29, 0.717) is 17.4 Å². The highest BCUT2D eigenvalue weighted by Crippen LogP contribution is 2.18. The molecule has 1 fully saturated rings. The monoisotopic (exact) mass is 269 g/mol. The molecule has 2 rings (SSSR count). The fourth-order valence-corrected chi connectivity index (χ4v) is 2.19. The first kappa shape index (κ1) is 13.1. The van der Waals surface area contributed by atoms with Gasteiger partial charge in [-0.1, -0.05) is 11.6 Å². The maximum atomic E-state index is 11.5. The molecule has 0 saturated carbocycles. The lowest BCUT2D eigenvalue weighted by Gasteiger charge is -2.24. The number of nitrogens with one attached hydrogen (secondary N) is 2. The van der Waals surface area contributed by atoms with E-state index in [0.717, 1.165) is 25.9 Å². The van der Waals surface area contributed by atoms with Crippen molar-refractivity contribution in [1.29, 1.82) is 0 Å². The van der Waals surface area contributed by atoms with Crippen molar-refractivity contribution in [2.45, 2.75) is 18.9 Å². The second-order valence-electron chi connectivity index (χ2n) is 4.22. The lowest BCUT2D eigenvalue weighted by atomic mass is 10.1. The molecule has 6 heteroatoms. The Hall–Kier alpha value is -1.33. The lowest BCUT2D eigenvalue weighted by Crippen LogP contribution is -2.35. The van der Waals surface area contributed by atoms with Crippen molar-refractivity contribution in [2.24, 2.45) is 0 Å². The average Bonchev–Trinajstić information content (AvgIpc) is 2.38. The number of hydrogen-bond acceptors (Lipinski definition) is 5. The Labute approximate surface area is 111 Å². The van der Waals surface area contributed by atoms with Gasteiger partial charge in [0, 0.05) is 6.04 Å². The Balaban J connectivity index is 2.11. The number of carbonyl (C=O) groups is 1. The molecule has 2 heterocycles. The van der Waals surface area contributed by atoms with Crippen molar-refractivity contribution >= 4 is 23.4 Å². The minimum atomic E-state index is -0.410. The van der Waals surface area contributed by atoms with Gasteiger partial charge in [0.2, 0.25) is 0 Å². The SMILES string of the molecule is COC(=O)c1cc(Cl)nc(NC2CCNCC2)c1. The number of anilines is 1. The molecule has 2 N–H and O–H groups in total. The Kier molecular flexibility index (Phi) is 4.38. The van der Waals surface area contributed by atoms with Crippen molar-refractivity contribution < 1.29 is 9.53 Å². The van der Waals surface area contributed by atoms with Gasteiger partial charge < -0.3 is 15.4 Å². The van der Waals surface area contributed by atoms with Crippen molar-refractivity contribution in [3.05, 3.63) is 22.8 Å². The third-order valence-corrected chi connectivity index (χ3v) is 3.10. The fraction of sp³-hybridized carbons (Fsp3) is 0.500. The van der Waals surface area contributed by atoms with E-state index in [4.69, 9.17) is 11.6 Å². The summed E-state index contributed by atoms with van der Waals surface area (Å²) in [7, 11) is 1.34. The van der Waals surface area contributed by atoms with Crippen LogP contribution in [0, 0.1) is 0 Å². The first-order valence-electron chi connectivity index (χ1n) is 5.92. The number of methoxy groups -OCH3 is 1. The summed E-state index contributed by atoms with van der Waals surface area (Å²) >= 11 is 5.90. The molecular weight excluding hydrogens is 254 g/mol. The molecule has 1 saturated heterocycles. The van der Waals surface area contributed by atoms with Crippen LogP contribution < -0.4 is 10.6 Å². The fourth-order valence-electron chi connectivity index (χ4n) is 1.98. The molecule has 1 aromatic rings. The zero-order chi connectivity index (χ0) is 13.0. The summed E-state index contributed by atoms with van der Waals surface area (Å²) in [5, 5.41) is 6.87. The molecule has 0 radical (unpaired) electrons. The topological polar surface area (TPSA) is 63.2 Å². The normalized spacial score (nSPS) is 16.3. The molecule has 98 valence electrons. The van der Waals surface area contributed by atoms with E-state index in [9.17, 15) is 4.79 Å². The maximum absolute atomic E-state index is 11.5. The van der Waals surface area contributed by atoms with Crippen molar-refractivity contribution in [1.82, 2.24) is 10.3 Å². The molecule has 0 atom stereocenters. The van der Waals surface area contributed by atoms with Gasteiger partial charge in [-0.25, -0.2) is 9.78 Å². The van der Waals surface area contributed by atoms with Crippen molar-refractivity contribution in [3.63, 3.8) is 0 Å². The number of rotatable bonds is 3. The van der Waals surface area contributed by atoms with Crippen LogP contribution in [0.15, 0.2) is 12.1 Å². The van der Waals surface area contributed by atoms with E-state index in [1.807, 2.05) is 0 Å². The Bertz CT molecular complexity index is 433. The summed E-state index contributed by atoms with van der Waals surface area (Å²) in [4.78, 5) is 15.6. The van der Waals surface area contributed by atoms with Crippen LogP contribution in [0.25, 0.3) is 0 Å². The smallest absolute Gasteiger partial charge is 0.338 e. The first-order chi connectivity index (χ1) is 8.69. The average molecular weight is 270 g/mol. The van der Waals surface area contributed by atoms with Gasteiger partial charge in [-0.3, -0.25) is 0 Å². The molecule has 0 aromatic carbocycles. The number of halogens is 1. The predicted octanol–water partition coefficient (Wildman–Crippen LogP) is 1.69. The van der Waals surface area contributed by atoms with E-state index in [-0.39, 0.29) is 5.15 Å². The van der Waals surface area contributed by atoms with Crippen LogP contribution in [0.4, 0.5) is 5.82 Å². The molecular formula is C12H16ClN3O2. The van der Waals surface area contributed by atoms with E-state index >= 15 is 0 Å². The molecule has 0 spiro atoms. The minimum Gasteiger partial charge on any atom is -0.465 e. The summed E-state index contributed by atoms with van der Waals surface area (Å²) in [6.07, 6.45) is 2.06. The zero-order valence-corrected chi connectivity index (χ0v) is 11.0. The zero-order valence-electron chi connectivity index (χ0n) is 10.2. The second-order valence-corrected chi connectivity index (χ2v) is 4.61. The van der Waals surface area contributed by atoms with Crippen LogP contribution in [0.3, 0.4) is 0 Å². The van der Waals surface area contributed by atoms with Gasteiger partial charge in [0.05, 0.1) is 12.7 Å². The molecule has 0 bridgehead atoms. The molecule has 1 aromatic heterocycles. The van der Waals surface area contributed by atoms with Crippen LogP contribution >= 0.6 is 11.6 Å². The Morgan fingerprint density at radius 3 is 2.89 bits per heavy atom. The van der Waals surface area contributed by atoms with E-state index in [1.54, 1.807) is 6.07 Å². The van der Waals surface area contributed by atoms with Gasteiger partial charge in [0.1, 0.15) is 11.0 Å². The summed E-state index contributed by atoms with van der Waals surface area (Å²) < 4.78 is 4.67. The largest absolute Gasteiger partial charge is 0.465 e. The number of aromatic nitrogens is 1. The summed E-state index contributed by atoms with van der Waals surface area (Å²) in [6.45, 7) is 1.98.